The number of carbonyl (C=O) groups is 1. The minimum absolute atomic E-state index is 0.0658. The molecule has 1 amide bonds. The second-order valence-electron chi connectivity index (χ2n) is 9.85. The first-order valence-corrected chi connectivity index (χ1v) is 11.9. The average Bonchev–Trinajstić information content (AvgIpc) is 2.73. The number of hydrogen-bond acceptors (Lipinski definition) is 4. The lowest BCUT2D eigenvalue weighted by atomic mass is 9.83. The predicted octanol–water partition coefficient (Wildman–Crippen LogP) is 5.12. The van der Waals surface area contributed by atoms with Gasteiger partial charge in [0.05, 0.1) is 11.1 Å². The number of unbranched alkanes of at least 4 members (excludes halogenated alkanes) is 2. The fraction of sp³-hybridized carbons (Fsp3) is 0.519. The molecule has 0 radical (unpaired) electrons. The molecule has 2 aromatic carbocycles. The van der Waals surface area contributed by atoms with Crippen molar-refractivity contribution in [1.29, 1.82) is 0 Å². The zero-order valence-electron chi connectivity index (χ0n) is 20.1. The molecular weight excluding hydrogens is 400 g/mol. The molecule has 0 aliphatic carbocycles. The number of piperazine rings is 1. The van der Waals surface area contributed by atoms with Crippen LogP contribution in [0.5, 0.6) is 11.5 Å². The molecule has 32 heavy (non-hydrogen) atoms. The Morgan fingerprint density at radius 3 is 2.53 bits per heavy atom. The van der Waals surface area contributed by atoms with Gasteiger partial charge in [-0.2, -0.15) is 0 Å². The van der Waals surface area contributed by atoms with Gasteiger partial charge in [0.1, 0.15) is 17.1 Å². The number of benzene rings is 2. The summed E-state index contributed by atoms with van der Waals surface area (Å²) in [6.45, 7) is 11.4. The van der Waals surface area contributed by atoms with Crippen LogP contribution in [0.1, 0.15) is 67.1 Å². The first-order valence-electron chi connectivity index (χ1n) is 11.9. The van der Waals surface area contributed by atoms with Gasteiger partial charge in [0.2, 0.25) is 0 Å². The predicted molar refractivity (Wildman–Crippen MR) is 129 cm³/mol. The summed E-state index contributed by atoms with van der Waals surface area (Å²) in [5.74, 6) is 0.677. The van der Waals surface area contributed by atoms with Crippen LogP contribution in [-0.4, -0.2) is 54.0 Å². The molecule has 1 saturated heterocycles. The van der Waals surface area contributed by atoms with Crippen molar-refractivity contribution in [2.45, 2.75) is 59.0 Å². The second kappa shape index (κ2) is 8.78. The molecule has 0 bridgehead atoms. The summed E-state index contributed by atoms with van der Waals surface area (Å²) in [4.78, 5) is 17.8. The number of amides is 1. The van der Waals surface area contributed by atoms with E-state index in [4.69, 9.17) is 4.74 Å². The van der Waals surface area contributed by atoms with Crippen molar-refractivity contribution < 1.29 is 14.6 Å². The van der Waals surface area contributed by atoms with Crippen molar-refractivity contribution in [3.8, 4) is 22.6 Å². The van der Waals surface area contributed by atoms with Crippen LogP contribution in [0.25, 0.3) is 11.1 Å². The van der Waals surface area contributed by atoms with E-state index in [9.17, 15) is 9.90 Å². The number of ether oxygens (including phenoxy) is 1. The Bertz CT molecular complexity index is 1020. The maximum atomic E-state index is 13.7. The van der Waals surface area contributed by atoms with Crippen LogP contribution in [0.15, 0.2) is 24.3 Å². The van der Waals surface area contributed by atoms with E-state index in [1.54, 1.807) is 0 Å². The number of carbonyl (C=O) groups excluding carboxylic acids is 1. The maximum absolute atomic E-state index is 13.7. The summed E-state index contributed by atoms with van der Waals surface area (Å²) in [5, 5.41) is 11.6. The van der Waals surface area contributed by atoms with E-state index in [1.165, 1.54) is 0 Å². The number of hydrogen-bond donors (Lipinski definition) is 1. The van der Waals surface area contributed by atoms with Gasteiger partial charge in [-0.25, -0.2) is 0 Å². The molecule has 2 aliphatic rings. The fourth-order valence-corrected chi connectivity index (χ4v) is 4.93. The molecule has 0 spiro atoms. The van der Waals surface area contributed by atoms with Gasteiger partial charge in [-0.05, 0) is 57.9 Å². The topological polar surface area (TPSA) is 53.0 Å². The lowest BCUT2D eigenvalue weighted by molar-refractivity contribution is 0.0659. The van der Waals surface area contributed by atoms with Crippen LogP contribution in [0.3, 0.4) is 0 Å². The molecule has 5 heteroatoms. The van der Waals surface area contributed by atoms with E-state index in [-0.39, 0.29) is 11.7 Å². The lowest BCUT2D eigenvalue weighted by Gasteiger charge is -2.37. The Morgan fingerprint density at radius 2 is 1.84 bits per heavy atom. The number of phenolic OH excluding ortho intramolecular Hbond substituents is 1. The van der Waals surface area contributed by atoms with Crippen molar-refractivity contribution in [2.24, 2.45) is 0 Å². The first-order chi connectivity index (χ1) is 15.2. The molecule has 2 heterocycles. The standard InChI is InChI=1S/C27H36N2O3/c1-6-7-8-9-19-17-22-24(20-16-18(2)10-11-21(20)27(3,4)32-22)25(30)23(19)26(31)29-14-12-28(5)13-15-29/h10-11,16-17,30H,6-9,12-15H2,1-5H3. The zero-order valence-corrected chi connectivity index (χ0v) is 20.1. The Hall–Kier alpha value is -2.53. The van der Waals surface area contributed by atoms with E-state index in [2.05, 4.69) is 57.8 Å². The minimum Gasteiger partial charge on any atom is -0.506 e. The van der Waals surface area contributed by atoms with Crippen LogP contribution in [0.4, 0.5) is 0 Å². The summed E-state index contributed by atoms with van der Waals surface area (Å²) in [5.41, 5.74) is 4.60. The first kappa shape index (κ1) is 22.7. The third-order valence-electron chi connectivity index (χ3n) is 6.86. The summed E-state index contributed by atoms with van der Waals surface area (Å²) in [7, 11) is 2.08. The fourth-order valence-electron chi connectivity index (χ4n) is 4.93. The Labute approximate surface area is 192 Å². The SMILES string of the molecule is CCCCCc1cc2c(c(O)c1C(=O)N1CCN(C)CC1)-c1cc(C)ccc1C(C)(C)O2. The zero-order chi connectivity index (χ0) is 23.0. The molecule has 0 saturated carbocycles. The number of nitrogens with zero attached hydrogens (tertiary/aromatic N) is 2. The molecule has 5 nitrogen and oxygen atoms in total. The molecule has 0 atom stereocenters. The Morgan fingerprint density at radius 1 is 1.12 bits per heavy atom. The molecule has 4 rings (SSSR count). The highest BCUT2D eigenvalue weighted by Gasteiger charge is 2.37. The van der Waals surface area contributed by atoms with Gasteiger partial charge in [-0.1, -0.05) is 43.5 Å². The minimum atomic E-state index is -0.508. The largest absolute Gasteiger partial charge is 0.506 e. The third-order valence-corrected chi connectivity index (χ3v) is 6.86. The normalized spacial score (nSPS) is 17.5. The van der Waals surface area contributed by atoms with Crippen LogP contribution in [0.2, 0.25) is 0 Å². The van der Waals surface area contributed by atoms with Gasteiger partial charge in [0.25, 0.3) is 5.91 Å². The van der Waals surface area contributed by atoms with Crippen molar-refractivity contribution in [1.82, 2.24) is 9.80 Å². The second-order valence-corrected chi connectivity index (χ2v) is 9.85. The highest BCUT2D eigenvalue weighted by molar-refractivity contribution is 6.02. The van der Waals surface area contributed by atoms with Gasteiger partial charge >= 0.3 is 0 Å². The molecule has 1 fully saturated rings. The van der Waals surface area contributed by atoms with Crippen LogP contribution < -0.4 is 4.74 Å². The average molecular weight is 437 g/mol. The monoisotopic (exact) mass is 436 g/mol. The number of aromatic hydroxyl groups is 1. The number of rotatable bonds is 5. The maximum Gasteiger partial charge on any atom is 0.258 e. The summed E-state index contributed by atoms with van der Waals surface area (Å²) >= 11 is 0. The van der Waals surface area contributed by atoms with Gasteiger partial charge in [-0.3, -0.25) is 4.79 Å². The number of aryl methyl sites for hydroxylation is 2. The third kappa shape index (κ3) is 4.11. The quantitative estimate of drug-likeness (QED) is 0.662. The number of phenols is 1. The molecular formula is C27H36N2O3. The van der Waals surface area contributed by atoms with Gasteiger partial charge in [0.15, 0.2) is 0 Å². The van der Waals surface area contributed by atoms with E-state index in [0.29, 0.717) is 30.0 Å². The summed E-state index contributed by atoms with van der Waals surface area (Å²) < 4.78 is 6.42. The van der Waals surface area contributed by atoms with Crippen molar-refractivity contribution in [3.05, 3.63) is 46.5 Å². The molecule has 1 N–H and O–H groups in total. The van der Waals surface area contributed by atoms with Gasteiger partial charge in [-0.15, -0.1) is 0 Å². The smallest absolute Gasteiger partial charge is 0.258 e. The Kier molecular flexibility index (Phi) is 6.22. The molecule has 0 aromatic heterocycles. The summed E-state index contributed by atoms with van der Waals surface area (Å²) in [6.07, 6.45) is 3.94. The Balaban J connectivity index is 1.86. The number of fused-ring (bicyclic) bond motifs is 3. The van der Waals surface area contributed by atoms with Crippen LogP contribution >= 0.6 is 0 Å². The van der Waals surface area contributed by atoms with Crippen molar-refractivity contribution in [3.63, 3.8) is 0 Å². The van der Waals surface area contributed by atoms with E-state index < -0.39 is 5.60 Å². The molecule has 2 aliphatic heterocycles. The number of likely N-dealkylation sites (N-methyl/N-ethyl adjacent to an activating group) is 1. The molecule has 0 unspecified atom stereocenters. The summed E-state index contributed by atoms with van der Waals surface area (Å²) in [6, 6.07) is 8.26. The highest BCUT2D eigenvalue weighted by atomic mass is 16.5. The molecule has 2 aromatic rings. The highest BCUT2D eigenvalue weighted by Crippen LogP contribution is 2.51. The van der Waals surface area contributed by atoms with E-state index >= 15 is 0 Å². The van der Waals surface area contributed by atoms with Gasteiger partial charge < -0.3 is 19.6 Å². The van der Waals surface area contributed by atoms with E-state index in [1.807, 2.05) is 11.0 Å². The lowest BCUT2D eigenvalue weighted by Crippen LogP contribution is -2.47. The van der Waals surface area contributed by atoms with Gasteiger partial charge in [0, 0.05) is 31.7 Å². The van der Waals surface area contributed by atoms with E-state index in [0.717, 1.165) is 61.0 Å². The van der Waals surface area contributed by atoms with Crippen LogP contribution in [0, 0.1) is 6.92 Å². The van der Waals surface area contributed by atoms with Crippen molar-refractivity contribution in [2.75, 3.05) is 33.2 Å². The molecule has 172 valence electrons. The van der Waals surface area contributed by atoms with Crippen LogP contribution in [-0.2, 0) is 12.0 Å². The van der Waals surface area contributed by atoms with Crippen molar-refractivity contribution >= 4 is 5.91 Å².